The SMILES string of the molecule is CCCCC/C=C/CC/C=C/C(O)C(COC1OC(CO)C(O)C(O)C1O)NC(=O)CCCCCCCCC/C=C\C/C=C\CCCCCCCCCCCOC(=O)CCCCCCCCCCCCCCCCCCC. The lowest BCUT2D eigenvalue weighted by molar-refractivity contribution is -0.302. The predicted molar refractivity (Wildman–Crippen MR) is 320 cm³/mol. The van der Waals surface area contributed by atoms with Crippen molar-refractivity contribution in [1.29, 1.82) is 0 Å². The molecule has 1 aliphatic heterocycles. The number of allylic oxidation sites excluding steroid dienone is 7. The van der Waals surface area contributed by atoms with Crippen LogP contribution in [0.25, 0.3) is 0 Å². The van der Waals surface area contributed by atoms with Crippen LogP contribution in [0, 0.1) is 0 Å². The van der Waals surface area contributed by atoms with E-state index in [0.717, 1.165) is 83.5 Å². The van der Waals surface area contributed by atoms with Crippen LogP contribution >= 0.6 is 0 Å². The van der Waals surface area contributed by atoms with Crippen molar-refractivity contribution >= 4 is 11.9 Å². The van der Waals surface area contributed by atoms with E-state index in [1.54, 1.807) is 6.08 Å². The van der Waals surface area contributed by atoms with Crippen molar-refractivity contribution in [2.24, 2.45) is 0 Å². The molecule has 7 unspecified atom stereocenters. The van der Waals surface area contributed by atoms with Crippen molar-refractivity contribution in [3.63, 3.8) is 0 Å². The van der Waals surface area contributed by atoms with E-state index in [9.17, 15) is 35.1 Å². The van der Waals surface area contributed by atoms with Gasteiger partial charge in [0.05, 0.1) is 32.0 Å². The van der Waals surface area contributed by atoms with Crippen LogP contribution in [0.3, 0.4) is 0 Å². The van der Waals surface area contributed by atoms with E-state index in [0.29, 0.717) is 19.4 Å². The zero-order chi connectivity index (χ0) is 55.9. The summed E-state index contributed by atoms with van der Waals surface area (Å²) in [5.74, 6) is -0.207. The number of esters is 1. The van der Waals surface area contributed by atoms with Gasteiger partial charge in [-0.2, -0.15) is 0 Å². The number of amides is 1. The van der Waals surface area contributed by atoms with E-state index in [4.69, 9.17) is 14.2 Å². The van der Waals surface area contributed by atoms with Crippen LogP contribution in [0.4, 0.5) is 0 Å². The van der Waals surface area contributed by atoms with E-state index >= 15 is 0 Å². The Morgan fingerprint density at radius 3 is 1.39 bits per heavy atom. The average Bonchev–Trinajstić information content (AvgIpc) is 3.43. The normalized spacial score (nSPS) is 18.9. The highest BCUT2D eigenvalue weighted by atomic mass is 16.7. The number of hydrogen-bond donors (Lipinski definition) is 6. The number of aliphatic hydroxyl groups excluding tert-OH is 5. The van der Waals surface area contributed by atoms with E-state index < -0.39 is 49.5 Å². The number of rotatable bonds is 56. The molecule has 1 heterocycles. The minimum atomic E-state index is -1.58. The summed E-state index contributed by atoms with van der Waals surface area (Å²) in [5.41, 5.74) is 0. The first-order valence-electron chi connectivity index (χ1n) is 32.4. The molecule has 1 saturated heterocycles. The van der Waals surface area contributed by atoms with Gasteiger partial charge in [0.1, 0.15) is 24.4 Å². The molecular formula is C66H121NO10. The molecule has 0 aromatic heterocycles. The van der Waals surface area contributed by atoms with Crippen LogP contribution in [0.5, 0.6) is 0 Å². The third kappa shape index (κ3) is 45.0. The second-order valence-electron chi connectivity index (χ2n) is 22.5. The van der Waals surface area contributed by atoms with Gasteiger partial charge in [-0.3, -0.25) is 9.59 Å². The number of nitrogens with one attached hydrogen (secondary N) is 1. The summed E-state index contributed by atoms with van der Waals surface area (Å²) in [5, 5.41) is 54.2. The van der Waals surface area contributed by atoms with Crippen LogP contribution in [-0.2, 0) is 23.8 Å². The molecule has 1 aliphatic rings. The summed E-state index contributed by atoms with van der Waals surface area (Å²) in [6.07, 6.45) is 61.0. The number of carbonyl (C=O) groups is 2. The number of hydrogen-bond acceptors (Lipinski definition) is 10. The van der Waals surface area contributed by atoms with Crippen molar-refractivity contribution < 1.29 is 49.3 Å². The van der Waals surface area contributed by atoms with Gasteiger partial charge in [0.2, 0.25) is 5.91 Å². The quantitative estimate of drug-likeness (QED) is 0.0195. The fourth-order valence-corrected chi connectivity index (χ4v) is 10.0. The third-order valence-electron chi connectivity index (χ3n) is 15.2. The molecule has 1 fully saturated rings. The molecule has 1 rings (SSSR count). The van der Waals surface area contributed by atoms with Crippen LogP contribution in [0.1, 0.15) is 296 Å². The molecule has 0 saturated carbocycles. The summed E-state index contributed by atoms with van der Waals surface area (Å²) >= 11 is 0. The second-order valence-corrected chi connectivity index (χ2v) is 22.5. The molecule has 6 N–H and O–H groups in total. The first-order chi connectivity index (χ1) is 37.7. The van der Waals surface area contributed by atoms with Crippen LogP contribution in [-0.4, -0.2) is 100 Å². The van der Waals surface area contributed by atoms with Crippen LogP contribution in [0.15, 0.2) is 48.6 Å². The van der Waals surface area contributed by atoms with Gasteiger partial charge in [0.25, 0.3) is 0 Å². The topological polar surface area (TPSA) is 175 Å². The number of ether oxygens (including phenoxy) is 3. The van der Waals surface area contributed by atoms with E-state index in [1.807, 2.05) is 6.08 Å². The van der Waals surface area contributed by atoms with Crippen molar-refractivity contribution in [3.8, 4) is 0 Å². The highest BCUT2D eigenvalue weighted by Gasteiger charge is 2.44. The Morgan fingerprint density at radius 1 is 0.481 bits per heavy atom. The number of aliphatic hydroxyl groups is 5. The largest absolute Gasteiger partial charge is 0.466 e. The summed E-state index contributed by atoms with van der Waals surface area (Å²) in [6.45, 7) is 4.28. The van der Waals surface area contributed by atoms with Gasteiger partial charge in [0.15, 0.2) is 6.29 Å². The van der Waals surface area contributed by atoms with E-state index in [-0.39, 0.29) is 18.5 Å². The summed E-state index contributed by atoms with van der Waals surface area (Å²) < 4.78 is 16.7. The Balaban J connectivity index is 1.99. The van der Waals surface area contributed by atoms with Gasteiger partial charge in [-0.1, -0.05) is 255 Å². The first-order valence-corrected chi connectivity index (χ1v) is 32.4. The number of carbonyl (C=O) groups excluding carboxylic acids is 2. The lowest BCUT2D eigenvalue weighted by atomic mass is 9.99. The first kappa shape index (κ1) is 72.6. The highest BCUT2D eigenvalue weighted by molar-refractivity contribution is 5.76. The second kappa shape index (κ2) is 55.5. The molecule has 0 radical (unpaired) electrons. The zero-order valence-electron chi connectivity index (χ0n) is 49.7. The maximum absolute atomic E-state index is 13.0. The lowest BCUT2D eigenvalue weighted by Gasteiger charge is -2.40. The Labute approximate surface area is 472 Å². The highest BCUT2D eigenvalue weighted by Crippen LogP contribution is 2.23. The van der Waals surface area contributed by atoms with Gasteiger partial charge in [-0.05, 0) is 77.0 Å². The minimum Gasteiger partial charge on any atom is -0.466 e. The van der Waals surface area contributed by atoms with Gasteiger partial charge in [-0.15, -0.1) is 0 Å². The van der Waals surface area contributed by atoms with Gasteiger partial charge in [-0.25, -0.2) is 0 Å². The maximum Gasteiger partial charge on any atom is 0.305 e. The van der Waals surface area contributed by atoms with Gasteiger partial charge in [0, 0.05) is 12.8 Å². The molecule has 0 aromatic rings. The Hall–Kier alpha value is -2.38. The maximum atomic E-state index is 13.0. The summed E-state index contributed by atoms with van der Waals surface area (Å²) in [4.78, 5) is 25.1. The Bertz CT molecular complexity index is 1420. The van der Waals surface area contributed by atoms with Gasteiger partial charge < -0.3 is 45.1 Å². The van der Waals surface area contributed by atoms with Crippen LogP contribution in [0.2, 0.25) is 0 Å². The lowest BCUT2D eigenvalue weighted by Crippen LogP contribution is -2.60. The smallest absolute Gasteiger partial charge is 0.305 e. The van der Waals surface area contributed by atoms with Crippen molar-refractivity contribution in [2.45, 2.75) is 339 Å². The standard InChI is InChI=1S/C66H121NO10/c1-3-5-7-9-11-13-14-15-16-24-28-31-34-38-42-46-50-54-62(71)75-55-51-47-43-39-35-32-29-26-23-21-19-17-18-20-22-25-27-30-33-37-41-45-49-53-61(70)67-58(59(69)52-48-44-40-36-12-10-8-6-4-2)57-76-66-65(74)64(73)63(72)60(56-68)77-66/h12,17,19-20,22,36,48,52,58-60,63-66,68-69,72-74H,3-11,13-16,18,21,23-35,37-47,49-51,53-57H2,1-2H3,(H,67,70)/b19-17-,22-20-,36-12+,52-48+. The predicted octanol–water partition coefficient (Wildman–Crippen LogP) is 15.6. The molecule has 1 amide bonds. The van der Waals surface area contributed by atoms with Crippen molar-refractivity contribution in [1.82, 2.24) is 5.32 Å². The molecule has 11 heteroatoms. The molecule has 77 heavy (non-hydrogen) atoms. The number of unbranched alkanes of at least 4 members (excludes halogenated alkanes) is 36. The van der Waals surface area contributed by atoms with Crippen LogP contribution < -0.4 is 5.32 Å². The fraction of sp³-hybridized carbons (Fsp3) is 0.848. The van der Waals surface area contributed by atoms with Crippen molar-refractivity contribution in [2.75, 3.05) is 19.8 Å². The molecule has 0 bridgehead atoms. The zero-order valence-corrected chi connectivity index (χ0v) is 49.7. The van der Waals surface area contributed by atoms with Crippen molar-refractivity contribution in [3.05, 3.63) is 48.6 Å². The fourth-order valence-electron chi connectivity index (χ4n) is 10.0. The van der Waals surface area contributed by atoms with E-state index in [2.05, 4.69) is 55.6 Å². The monoisotopic (exact) mass is 1090 g/mol. The Morgan fingerprint density at radius 2 is 0.883 bits per heavy atom. The molecule has 11 nitrogen and oxygen atoms in total. The molecule has 0 aliphatic carbocycles. The third-order valence-corrected chi connectivity index (χ3v) is 15.2. The summed E-state index contributed by atoms with van der Waals surface area (Å²) in [7, 11) is 0. The minimum absolute atomic E-state index is 0.00152. The molecule has 7 atom stereocenters. The van der Waals surface area contributed by atoms with Gasteiger partial charge >= 0.3 is 5.97 Å². The average molecular weight is 1090 g/mol. The molecule has 0 aromatic carbocycles. The molecular weight excluding hydrogens is 967 g/mol. The summed E-state index contributed by atoms with van der Waals surface area (Å²) in [6, 6.07) is -0.834. The Kier molecular flexibility index (Phi) is 52.4. The molecule has 0 spiro atoms. The van der Waals surface area contributed by atoms with E-state index in [1.165, 1.54) is 186 Å². The molecule has 450 valence electrons.